The zero-order chi connectivity index (χ0) is 21.8. The molecule has 0 bridgehead atoms. The summed E-state index contributed by atoms with van der Waals surface area (Å²) in [5.41, 5.74) is -0.660. The minimum Gasteiger partial charge on any atom is -0.436 e. The highest BCUT2D eigenvalue weighted by atomic mass is 28.4. The molecule has 2 unspecified atom stereocenters. The van der Waals surface area contributed by atoms with Gasteiger partial charge in [0.2, 0.25) is 6.29 Å². The second-order valence-electron chi connectivity index (χ2n) is 8.89. The first kappa shape index (κ1) is 22.7. The van der Waals surface area contributed by atoms with Crippen LogP contribution in [-0.4, -0.2) is 46.5 Å². The van der Waals surface area contributed by atoms with Gasteiger partial charge in [-0.15, -0.1) is 0 Å². The van der Waals surface area contributed by atoms with Gasteiger partial charge in [0.25, 0.3) is 8.32 Å². The molecule has 0 saturated carbocycles. The first-order valence-electron chi connectivity index (χ1n) is 10.3. The van der Waals surface area contributed by atoms with Crippen LogP contribution in [0, 0.1) is 0 Å². The van der Waals surface area contributed by atoms with Crippen LogP contribution in [0.2, 0.25) is 5.04 Å². The molecule has 162 valence electrons. The zero-order valence-corrected chi connectivity index (χ0v) is 19.5. The van der Waals surface area contributed by atoms with E-state index in [0.717, 1.165) is 0 Å². The summed E-state index contributed by atoms with van der Waals surface area (Å²) in [5, 5.41) is 2.30. The molecule has 0 aliphatic carbocycles. The first-order chi connectivity index (χ1) is 14.2. The Labute approximate surface area is 180 Å². The van der Waals surface area contributed by atoms with Crippen molar-refractivity contribution in [2.24, 2.45) is 0 Å². The third-order valence-electron chi connectivity index (χ3n) is 5.77. The standard InChI is InChI=1S/C24H32O5Si/c1-19(25)29-22-16-24(26-5,17-27-22)18-28-30(23(2,3)4,20-12-8-6-9-13-20)21-14-10-7-11-15-21/h6-15,22H,16-18H2,1-5H3. The fraction of sp³-hybridized carbons (Fsp3) is 0.458. The SMILES string of the molecule is COC1(CO[Si](c2ccccc2)(c2ccccc2)C(C)(C)C)COC(OC(C)=O)C1. The molecule has 2 aromatic rings. The lowest BCUT2D eigenvalue weighted by molar-refractivity contribution is -0.166. The van der Waals surface area contributed by atoms with Crippen molar-refractivity contribution in [2.75, 3.05) is 20.3 Å². The van der Waals surface area contributed by atoms with Gasteiger partial charge >= 0.3 is 5.97 Å². The summed E-state index contributed by atoms with van der Waals surface area (Å²) < 4.78 is 23.8. The minimum absolute atomic E-state index is 0.126. The molecule has 1 aliphatic rings. The molecule has 2 aromatic carbocycles. The van der Waals surface area contributed by atoms with Crippen molar-refractivity contribution >= 4 is 24.7 Å². The number of carbonyl (C=O) groups excluding carboxylic acids is 1. The average Bonchev–Trinajstić information content (AvgIpc) is 3.12. The van der Waals surface area contributed by atoms with E-state index in [0.29, 0.717) is 19.6 Å². The maximum Gasteiger partial charge on any atom is 0.304 e. The van der Waals surface area contributed by atoms with Gasteiger partial charge in [-0.05, 0) is 15.4 Å². The van der Waals surface area contributed by atoms with Crippen LogP contribution in [0.4, 0.5) is 0 Å². The van der Waals surface area contributed by atoms with E-state index in [1.54, 1.807) is 7.11 Å². The fourth-order valence-electron chi connectivity index (χ4n) is 4.23. The first-order valence-corrected chi connectivity index (χ1v) is 12.2. The number of methoxy groups -OCH3 is 1. The Morgan fingerprint density at radius 2 is 1.60 bits per heavy atom. The topological polar surface area (TPSA) is 54.0 Å². The molecule has 2 atom stereocenters. The van der Waals surface area contributed by atoms with E-state index in [4.69, 9.17) is 18.6 Å². The molecule has 0 radical (unpaired) electrons. The lowest BCUT2D eigenvalue weighted by Crippen LogP contribution is -2.67. The number of hydrogen-bond donors (Lipinski definition) is 0. The predicted octanol–water partition coefficient (Wildman–Crippen LogP) is 3.26. The van der Waals surface area contributed by atoms with Crippen LogP contribution < -0.4 is 10.4 Å². The van der Waals surface area contributed by atoms with Gasteiger partial charge in [0.05, 0.1) is 13.2 Å². The Kier molecular flexibility index (Phi) is 6.82. The molecular formula is C24H32O5Si. The van der Waals surface area contributed by atoms with Crippen LogP contribution in [0.1, 0.15) is 34.1 Å². The number of ether oxygens (including phenoxy) is 3. The van der Waals surface area contributed by atoms with Crippen molar-refractivity contribution in [1.29, 1.82) is 0 Å². The second-order valence-corrected chi connectivity index (χ2v) is 13.2. The average molecular weight is 429 g/mol. The molecule has 1 saturated heterocycles. The van der Waals surface area contributed by atoms with Gasteiger partial charge in [-0.2, -0.15) is 0 Å². The van der Waals surface area contributed by atoms with Crippen molar-refractivity contribution in [2.45, 2.75) is 51.0 Å². The fourth-order valence-corrected chi connectivity index (χ4v) is 8.87. The van der Waals surface area contributed by atoms with Gasteiger partial charge in [0.1, 0.15) is 5.60 Å². The van der Waals surface area contributed by atoms with Gasteiger partial charge in [0.15, 0.2) is 0 Å². The molecule has 1 aliphatic heterocycles. The van der Waals surface area contributed by atoms with Crippen molar-refractivity contribution in [1.82, 2.24) is 0 Å². The Balaban J connectivity index is 1.99. The van der Waals surface area contributed by atoms with E-state index >= 15 is 0 Å². The Morgan fingerprint density at radius 3 is 2.03 bits per heavy atom. The van der Waals surface area contributed by atoms with Crippen molar-refractivity contribution in [3.05, 3.63) is 60.7 Å². The van der Waals surface area contributed by atoms with Crippen LogP contribution in [-0.2, 0) is 23.4 Å². The van der Waals surface area contributed by atoms with Gasteiger partial charge in [-0.3, -0.25) is 4.79 Å². The molecule has 6 heteroatoms. The second kappa shape index (κ2) is 9.02. The Hall–Kier alpha value is -1.99. The van der Waals surface area contributed by atoms with Gasteiger partial charge in [-0.1, -0.05) is 81.4 Å². The van der Waals surface area contributed by atoms with Crippen molar-refractivity contribution in [3.63, 3.8) is 0 Å². The number of benzene rings is 2. The van der Waals surface area contributed by atoms with E-state index in [2.05, 4.69) is 69.3 Å². The summed E-state index contributed by atoms with van der Waals surface area (Å²) >= 11 is 0. The number of carbonyl (C=O) groups is 1. The van der Waals surface area contributed by atoms with E-state index in [1.807, 2.05) is 12.1 Å². The van der Waals surface area contributed by atoms with Crippen molar-refractivity contribution in [3.8, 4) is 0 Å². The van der Waals surface area contributed by atoms with Crippen molar-refractivity contribution < 1.29 is 23.4 Å². The maximum absolute atomic E-state index is 11.4. The summed E-state index contributed by atoms with van der Waals surface area (Å²) in [6, 6.07) is 21.0. The predicted molar refractivity (Wildman–Crippen MR) is 119 cm³/mol. The van der Waals surface area contributed by atoms with E-state index < -0.39 is 20.2 Å². The summed E-state index contributed by atoms with van der Waals surface area (Å²) in [6.45, 7) is 8.78. The maximum atomic E-state index is 11.4. The Bertz CT molecular complexity index is 794. The Morgan fingerprint density at radius 1 is 1.07 bits per heavy atom. The van der Waals surface area contributed by atoms with E-state index in [9.17, 15) is 4.79 Å². The molecule has 1 heterocycles. The largest absolute Gasteiger partial charge is 0.436 e. The molecule has 30 heavy (non-hydrogen) atoms. The summed E-state index contributed by atoms with van der Waals surface area (Å²) in [7, 11) is -1.02. The van der Waals surface area contributed by atoms with E-state index in [-0.39, 0.29) is 11.0 Å². The van der Waals surface area contributed by atoms with Crippen LogP contribution in [0.3, 0.4) is 0 Å². The third kappa shape index (κ3) is 4.52. The van der Waals surface area contributed by atoms with E-state index in [1.165, 1.54) is 17.3 Å². The molecule has 5 nitrogen and oxygen atoms in total. The highest BCUT2D eigenvalue weighted by Crippen LogP contribution is 2.38. The van der Waals surface area contributed by atoms with Crippen LogP contribution in [0.15, 0.2) is 60.7 Å². The summed E-state index contributed by atoms with van der Waals surface area (Å²) in [4.78, 5) is 11.4. The molecule has 3 rings (SSSR count). The molecule has 0 N–H and O–H groups in total. The number of esters is 1. The smallest absolute Gasteiger partial charge is 0.304 e. The third-order valence-corrected chi connectivity index (χ3v) is 10.8. The minimum atomic E-state index is -2.68. The molecule has 0 amide bonds. The quantitative estimate of drug-likeness (QED) is 0.501. The lowest BCUT2D eigenvalue weighted by atomic mass is 10.0. The molecule has 0 spiro atoms. The van der Waals surface area contributed by atoms with Crippen LogP contribution in [0.5, 0.6) is 0 Å². The molecular weight excluding hydrogens is 396 g/mol. The van der Waals surface area contributed by atoms with Gasteiger partial charge in [-0.25, -0.2) is 0 Å². The highest BCUT2D eigenvalue weighted by molar-refractivity contribution is 6.99. The number of hydrogen-bond acceptors (Lipinski definition) is 5. The normalized spacial score (nSPS) is 22.1. The lowest BCUT2D eigenvalue weighted by Gasteiger charge is -2.44. The van der Waals surface area contributed by atoms with Gasteiger partial charge in [0, 0.05) is 20.5 Å². The van der Waals surface area contributed by atoms with Crippen LogP contribution >= 0.6 is 0 Å². The van der Waals surface area contributed by atoms with Crippen LogP contribution in [0.25, 0.3) is 0 Å². The summed E-state index contributed by atoms with van der Waals surface area (Å²) in [6.07, 6.45) is -0.161. The monoisotopic (exact) mass is 428 g/mol. The number of rotatable bonds is 7. The molecule has 0 aromatic heterocycles. The zero-order valence-electron chi connectivity index (χ0n) is 18.5. The summed E-state index contributed by atoms with van der Waals surface area (Å²) in [5.74, 6) is -0.361. The highest BCUT2D eigenvalue weighted by Gasteiger charge is 2.52. The van der Waals surface area contributed by atoms with Gasteiger partial charge < -0.3 is 18.6 Å². The molecule has 1 fully saturated rings.